The highest BCUT2D eigenvalue weighted by Gasteiger charge is 2.40. The predicted octanol–water partition coefficient (Wildman–Crippen LogP) is -0.266. The van der Waals surface area contributed by atoms with Crippen LogP contribution in [0, 0.1) is 0 Å². The Morgan fingerprint density at radius 1 is 1.56 bits per heavy atom. The summed E-state index contributed by atoms with van der Waals surface area (Å²) in [6.45, 7) is 0.293. The van der Waals surface area contributed by atoms with E-state index >= 15 is 0 Å². The summed E-state index contributed by atoms with van der Waals surface area (Å²) in [5.41, 5.74) is 0.389. The highest BCUT2D eigenvalue weighted by atomic mass is 16.5. The molecule has 1 aromatic rings. The molecule has 18 heavy (non-hydrogen) atoms. The van der Waals surface area contributed by atoms with Crippen LogP contribution in [0.4, 0.5) is 0 Å². The second-order valence-corrected chi connectivity index (χ2v) is 4.31. The Labute approximate surface area is 104 Å². The van der Waals surface area contributed by atoms with Crippen LogP contribution in [0.5, 0.6) is 0 Å². The number of amides is 1. The van der Waals surface area contributed by atoms with Crippen molar-refractivity contribution in [1.29, 1.82) is 0 Å². The number of rotatable bonds is 3. The van der Waals surface area contributed by atoms with Gasteiger partial charge in [0.1, 0.15) is 6.04 Å². The molecule has 0 aromatic carbocycles. The summed E-state index contributed by atoms with van der Waals surface area (Å²) in [5, 5.41) is 13.0. The smallest absolute Gasteiger partial charge is 0.326 e. The number of carbonyl (C=O) groups excluding carboxylic acids is 1. The normalized spacial score (nSPS) is 23.3. The van der Waals surface area contributed by atoms with Crippen LogP contribution in [0.2, 0.25) is 0 Å². The molecule has 7 nitrogen and oxygen atoms in total. The van der Waals surface area contributed by atoms with Crippen LogP contribution in [-0.2, 0) is 16.6 Å². The molecule has 0 aliphatic carbocycles. The third kappa shape index (κ3) is 2.21. The minimum Gasteiger partial charge on any atom is -0.480 e. The first-order valence-corrected chi connectivity index (χ1v) is 5.58. The summed E-state index contributed by atoms with van der Waals surface area (Å²) < 4.78 is 6.64. The molecule has 1 aromatic heterocycles. The molecule has 2 heterocycles. The lowest BCUT2D eigenvalue weighted by Crippen LogP contribution is -2.40. The van der Waals surface area contributed by atoms with E-state index in [1.807, 2.05) is 0 Å². The van der Waals surface area contributed by atoms with Crippen LogP contribution in [0.3, 0.4) is 0 Å². The van der Waals surface area contributed by atoms with Gasteiger partial charge in [-0.1, -0.05) is 0 Å². The maximum Gasteiger partial charge on any atom is 0.326 e. The maximum absolute atomic E-state index is 12.2. The van der Waals surface area contributed by atoms with Crippen LogP contribution in [0.25, 0.3) is 0 Å². The highest BCUT2D eigenvalue weighted by Crippen LogP contribution is 2.22. The zero-order valence-corrected chi connectivity index (χ0v) is 10.2. The number of carboxylic acid groups (broad SMARTS) is 1. The second-order valence-electron chi connectivity index (χ2n) is 4.31. The van der Waals surface area contributed by atoms with Gasteiger partial charge in [0, 0.05) is 33.3 Å². The van der Waals surface area contributed by atoms with Gasteiger partial charge in [-0.15, -0.1) is 0 Å². The number of hydrogen-bond donors (Lipinski definition) is 1. The Hall–Kier alpha value is -1.89. The quantitative estimate of drug-likeness (QED) is 0.801. The molecule has 0 radical (unpaired) electrons. The lowest BCUT2D eigenvalue weighted by molar-refractivity contribution is -0.141. The number of methoxy groups -OCH3 is 1. The summed E-state index contributed by atoms with van der Waals surface area (Å²) in [4.78, 5) is 24.7. The highest BCUT2D eigenvalue weighted by molar-refractivity contribution is 5.96. The van der Waals surface area contributed by atoms with Crippen molar-refractivity contribution >= 4 is 11.9 Å². The maximum atomic E-state index is 12.2. The van der Waals surface area contributed by atoms with Crippen LogP contribution in [-0.4, -0.2) is 57.5 Å². The zero-order chi connectivity index (χ0) is 13.3. The van der Waals surface area contributed by atoms with E-state index < -0.39 is 12.0 Å². The van der Waals surface area contributed by atoms with E-state index in [4.69, 9.17) is 9.84 Å². The first-order chi connectivity index (χ1) is 8.52. The molecule has 1 fully saturated rings. The lowest BCUT2D eigenvalue weighted by Gasteiger charge is -2.20. The van der Waals surface area contributed by atoms with Crippen LogP contribution in [0.1, 0.15) is 16.8 Å². The first-order valence-electron chi connectivity index (χ1n) is 5.58. The van der Waals surface area contributed by atoms with Gasteiger partial charge in [0.05, 0.1) is 17.9 Å². The second kappa shape index (κ2) is 4.77. The van der Waals surface area contributed by atoms with E-state index in [0.717, 1.165) is 0 Å². The Bertz CT molecular complexity index is 471. The molecule has 1 saturated heterocycles. The Morgan fingerprint density at radius 2 is 2.28 bits per heavy atom. The van der Waals surface area contributed by atoms with Crippen molar-refractivity contribution in [2.45, 2.75) is 18.6 Å². The third-order valence-electron chi connectivity index (χ3n) is 3.09. The number of aliphatic carboxylic acids is 1. The van der Waals surface area contributed by atoms with Crippen LogP contribution < -0.4 is 0 Å². The molecule has 2 rings (SSSR count). The van der Waals surface area contributed by atoms with Gasteiger partial charge in [-0.25, -0.2) is 4.79 Å². The lowest BCUT2D eigenvalue weighted by atomic mass is 10.2. The number of ether oxygens (including phenoxy) is 1. The van der Waals surface area contributed by atoms with Gasteiger partial charge in [0.25, 0.3) is 5.91 Å². The van der Waals surface area contributed by atoms with Crippen molar-refractivity contribution < 1.29 is 19.4 Å². The average molecular weight is 253 g/mol. The van der Waals surface area contributed by atoms with Crippen molar-refractivity contribution in [3.63, 3.8) is 0 Å². The van der Waals surface area contributed by atoms with Gasteiger partial charge < -0.3 is 14.7 Å². The fourth-order valence-electron chi connectivity index (χ4n) is 2.12. The van der Waals surface area contributed by atoms with Crippen LogP contribution >= 0.6 is 0 Å². The molecule has 1 aliphatic rings. The molecule has 2 atom stereocenters. The van der Waals surface area contributed by atoms with Crippen molar-refractivity contribution in [2.75, 3.05) is 13.7 Å². The molecule has 0 bridgehead atoms. The van der Waals surface area contributed by atoms with Crippen LogP contribution in [0.15, 0.2) is 12.4 Å². The molecular weight excluding hydrogens is 238 g/mol. The van der Waals surface area contributed by atoms with Gasteiger partial charge in [0.2, 0.25) is 0 Å². The number of nitrogens with zero attached hydrogens (tertiary/aromatic N) is 3. The summed E-state index contributed by atoms with van der Waals surface area (Å²) in [6, 6.07) is -0.831. The number of aromatic nitrogens is 2. The van der Waals surface area contributed by atoms with E-state index in [-0.39, 0.29) is 12.0 Å². The van der Waals surface area contributed by atoms with Crippen molar-refractivity contribution in [3.05, 3.63) is 18.0 Å². The van der Waals surface area contributed by atoms with Gasteiger partial charge in [0.15, 0.2) is 0 Å². The number of hydrogen-bond acceptors (Lipinski definition) is 4. The fraction of sp³-hybridized carbons (Fsp3) is 0.545. The monoisotopic (exact) mass is 253 g/mol. The van der Waals surface area contributed by atoms with Crippen molar-refractivity contribution in [3.8, 4) is 0 Å². The summed E-state index contributed by atoms with van der Waals surface area (Å²) >= 11 is 0. The van der Waals surface area contributed by atoms with E-state index in [1.165, 1.54) is 22.9 Å². The molecule has 0 saturated carbocycles. The average Bonchev–Trinajstić information content (AvgIpc) is 2.93. The molecule has 0 spiro atoms. The van der Waals surface area contributed by atoms with E-state index in [1.54, 1.807) is 13.2 Å². The van der Waals surface area contributed by atoms with Gasteiger partial charge in [-0.2, -0.15) is 5.10 Å². The Balaban J connectivity index is 2.20. The minimum atomic E-state index is -1.01. The SMILES string of the molecule is COC1CC(C(=O)O)N(C(=O)c2cnn(C)c2)C1. The molecule has 1 aliphatic heterocycles. The largest absolute Gasteiger partial charge is 0.480 e. The van der Waals surface area contributed by atoms with Crippen molar-refractivity contribution in [2.24, 2.45) is 7.05 Å². The predicted molar refractivity (Wildman–Crippen MR) is 61.1 cm³/mol. The van der Waals surface area contributed by atoms with Crippen molar-refractivity contribution in [1.82, 2.24) is 14.7 Å². The van der Waals surface area contributed by atoms with Gasteiger partial charge >= 0.3 is 5.97 Å². The summed E-state index contributed by atoms with van der Waals surface area (Å²) in [5.74, 6) is -1.33. The first kappa shape index (κ1) is 12.6. The Morgan fingerprint density at radius 3 is 2.78 bits per heavy atom. The van der Waals surface area contributed by atoms with E-state index in [0.29, 0.717) is 18.5 Å². The van der Waals surface area contributed by atoms with Gasteiger partial charge in [-0.3, -0.25) is 9.48 Å². The molecule has 7 heteroatoms. The number of likely N-dealkylation sites (tertiary alicyclic amines) is 1. The van der Waals surface area contributed by atoms with E-state index in [9.17, 15) is 9.59 Å². The third-order valence-corrected chi connectivity index (χ3v) is 3.09. The molecule has 98 valence electrons. The number of aryl methyl sites for hydroxylation is 1. The summed E-state index contributed by atoms with van der Waals surface area (Å²) in [7, 11) is 3.22. The molecule has 1 N–H and O–H groups in total. The number of carbonyl (C=O) groups is 2. The molecular formula is C11H15N3O4. The summed E-state index contributed by atoms with van der Waals surface area (Å²) in [6.07, 6.45) is 3.09. The fourth-order valence-corrected chi connectivity index (χ4v) is 2.12. The molecule has 2 unspecified atom stereocenters. The Kier molecular flexibility index (Phi) is 3.33. The standard InChI is InChI=1S/C11H15N3O4/c1-13-5-7(4-12-13)10(15)14-6-8(18-2)3-9(14)11(16)17/h4-5,8-9H,3,6H2,1-2H3,(H,16,17). The molecule has 1 amide bonds. The van der Waals surface area contributed by atoms with E-state index in [2.05, 4.69) is 5.10 Å². The number of carboxylic acids is 1. The minimum absolute atomic E-state index is 0.230. The topological polar surface area (TPSA) is 84.7 Å². The van der Waals surface area contributed by atoms with Gasteiger partial charge in [-0.05, 0) is 0 Å². The zero-order valence-electron chi connectivity index (χ0n) is 10.2.